The van der Waals surface area contributed by atoms with Crippen molar-refractivity contribution in [1.29, 1.82) is 0 Å². The summed E-state index contributed by atoms with van der Waals surface area (Å²) in [7, 11) is 0. The molecule has 4 aromatic heterocycles. The largest absolute Gasteiger partial charge is 0.320 e. The molecular weight excluding hydrogens is 465 g/mol. The molecule has 0 aliphatic rings. The first kappa shape index (κ1) is 21.7. The van der Waals surface area contributed by atoms with Gasteiger partial charge in [0.2, 0.25) is 0 Å². The fourth-order valence-electron chi connectivity index (χ4n) is 2.84. The number of anilines is 1. The fraction of sp³-hybridized carbons (Fsp3) is 0.0952. The zero-order valence-electron chi connectivity index (χ0n) is 16.0. The molecule has 6 nitrogen and oxygen atoms in total. The van der Waals surface area contributed by atoms with Crippen LogP contribution in [0.4, 0.5) is 18.9 Å². The molecule has 1 amide bonds. The number of carbonyl (C=O) groups excluding carboxylic acids is 1. The van der Waals surface area contributed by atoms with Crippen LogP contribution in [0.2, 0.25) is 4.34 Å². The molecular formula is C21H12ClF3N4O2S. The Balaban J connectivity index is 1.54. The lowest BCUT2D eigenvalue weighted by Gasteiger charge is -2.09. The van der Waals surface area contributed by atoms with Crippen molar-refractivity contribution >= 4 is 40.2 Å². The van der Waals surface area contributed by atoms with Crippen molar-refractivity contribution in [3.05, 3.63) is 85.6 Å². The Morgan fingerprint density at radius 3 is 2.84 bits per heavy atom. The number of fused-ring (bicyclic) bond motifs is 1. The van der Waals surface area contributed by atoms with Crippen molar-refractivity contribution in [3.8, 4) is 11.8 Å². The first-order valence-corrected chi connectivity index (χ1v) is 10.2. The number of carbonyl (C=O) groups is 1. The molecule has 0 bridgehead atoms. The quantitative estimate of drug-likeness (QED) is 0.447. The molecule has 32 heavy (non-hydrogen) atoms. The number of halogens is 4. The van der Waals surface area contributed by atoms with Crippen LogP contribution in [-0.2, 0) is 6.54 Å². The Morgan fingerprint density at radius 1 is 1.25 bits per heavy atom. The van der Waals surface area contributed by atoms with E-state index in [1.54, 1.807) is 24.7 Å². The number of nitrogens with zero attached hydrogens (tertiary/aromatic N) is 3. The maximum absolute atomic E-state index is 13.8. The minimum Gasteiger partial charge on any atom is -0.320 e. The number of imidazole rings is 1. The van der Waals surface area contributed by atoms with Crippen LogP contribution in [0.25, 0.3) is 5.65 Å². The van der Waals surface area contributed by atoms with Crippen LogP contribution in [0.15, 0.2) is 53.8 Å². The molecule has 4 heterocycles. The molecule has 162 valence electrons. The van der Waals surface area contributed by atoms with Crippen LogP contribution in [-0.4, -0.2) is 26.3 Å². The number of rotatable bonds is 4. The smallest absolute Gasteiger partial charge is 0.286 e. The van der Waals surface area contributed by atoms with Crippen LogP contribution in [0.1, 0.15) is 20.8 Å². The van der Waals surface area contributed by atoms with Gasteiger partial charge in [-0.15, -0.1) is 11.3 Å². The summed E-state index contributed by atoms with van der Waals surface area (Å²) in [5.74, 6) is 3.95. The molecule has 0 fully saturated rings. The molecule has 0 aliphatic heterocycles. The molecule has 0 aliphatic carbocycles. The molecule has 1 N–H and O–H groups in total. The Kier molecular flexibility index (Phi) is 6.03. The zero-order chi connectivity index (χ0) is 22.8. The average Bonchev–Trinajstić information content (AvgIpc) is 3.35. The van der Waals surface area contributed by atoms with Crippen molar-refractivity contribution in [3.63, 3.8) is 0 Å². The summed E-state index contributed by atoms with van der Waals surface area (Å²) in [5, 5.41) is 2.38. The third-order valence-corrected chi connectivity index (χ3v) is 5.63. The minimum atomic E-state index is -2.86. The van der Waals surface area contributed by atoms with E-state index in [0.717, 1.165) is 29.2 Å². The van der Waals surface area contributed by atoms with E-state index < -0.39 is 30.3 Å². The lowest BCUT2D eigenvalue weighted by Crippen LogP contribution is -2.26. The van der Waals surface area contributed by atoms with E-state index in [1.165, 1.54) is 6.07 Å². The summed E-state index contributed by atoms with van der Waals surface area (Å²) in [6.45, 7) is -0.991. The second-order valence-electron chi connectivity index (χ2n) is 6.54. The van der Waals surface area contributed by atoms with Gasteiger partial charge in [-0.25, -0.2) is 18.2 Å². The predicted octanol–water partition coefficient (Wildman–Crippen LogP) is 4.27. The number of aromatic nitrogens is 3. The van der Waals surface area contributed by atoms with E-state index in [1.807, 2.05) is 10.5 Å². The zero-order valence-corrected chi connectivity index (χ0v) is 17.6. The first-order valence-electron chi connectivity index (χ1n) is 9.04. The Bertz CT molecular complexity index is 1450. The molecule has 4 aromatic rings. The minimum absolute atomic E-state index is 0.140. The third kappa shape index (κ3) is 4.69. The van der Waals surface area contributed by atoms with Gasteiger partial charge in [0.1, 0.15) is 9.98 Å². The normalized spacial score (nSPS) is 10.9. The first-order chi connectivity index (χ1) is 15.3. The van der Waals surface area contributed by atoms with Crippen molar-refractivity contribution in [2.75, 3.05) is 5.32 Å². The predicted molar refractivity (Wildman–Crippen MR) is 115 cm³/mol. The Labute approximate surface area is 187 Å². The summed E-state index contributed by atoms with van der Waals surface area (Å²) >= 11 is 7.15. The van der Waals surface area contributed by atoms with Crippen molar-refractivity contribution in [2.45, 2.75) is 13.0 Å². The van der Waals surface area contributed by atoms with Crippen LogP contribution >= 0.6 is 22.9 Å². The summed E-state index contributed by atoms with van der Waals surface area (Å²) in [6.07, 6.45) is 3.35. The number of thiophene rings is 1. The number of alkyl halides is 2. The van der Waals surface area contributed by atoms with E-state index >= 15 is 0 Å². The monoisotopic (exact) mass is 476 g/mol. The van der Waals surface area contributed by atoms with E-state index in [9.17, 15) is 22.8 Å². The van der Waals surface area contributed by atoms with Gasteiger partial charge < -0.3 is 14.3 Å². The fourth-order valence-corrected chi connectivity index (χ4v) is 3.93. The van der Waals surface area contributed by atoms with E-state index in [4.69, 9.17) is 11.6 Å². The highest BCUT2D eigenvalue weighted by Gasteiger charge is 2.16. The topological polar surface area (TPSA) is 68.4 Å². The summed E-state index contributed by atoms with van der Waals surface area (Å²) in [5.41, 5.74) is 0.564. The Hall–Kier alpha value is -3.55. The maximum Gasteiger partial charge on any atom is 0.286 e. The number of amides is 1. The van der Waals surface area contributed by atoms with Crippen molar-refractivity contribution < 1.29 is 18.0 Å². The van der Waals surface area contributed by atoms with Gasteiger partial charge in [0.05, 0.1) is 22.7 Å². The van der Waals surface area contributed by atoms with Gasteiger partial charge in [-0.1, -0.05) is 23.4 Å². The summed E-state index contributed by atoms with van der Waals surface area (Å²) in [4.78, 5) is 28.5. The lowest BCUT2D eigenvalue weighted by atomic mass is 10.2. The highest BCUT2D eigenvalue weighted by atomic mass is 35.5. The van der Waals surface area contributed by atoms with Crippen LogP contribution in [0.5, 0.6) is 0 Å². The van der Waals surface area contributed by atoms with Crippen molar-refractivity contribution in [2.24, 2.45) is 0 Å². The number of nitrogens with one attached hydrogen (secondary N) is 1. The molecule has 0 atom stereocenters. The number of hydrogen-bond acceptors (Lipinski definition) is 4. The molecule has 0 spiro atoms. The third-order valence-electron chi connectivity index (χ3n) is 4.28. The van der Waals surface area contributed by atoms with Crippen LogP contribution in [0.3, 0.4) is 0 Å². The van der Waals surface area contributed by atoms with Gasteiger partial charge in [0.15, 0.2) is 5.82 Å². The van der Waals surface area contributed by atoms with Gasteiger partial charge in [-0.2, -0.15) is 0 Å². The highest BCUT2D eigenvalue weighted by molar-refractivity contribution is 7.18. The van der Waals surface area contributed by atoms with Gasteiger partial charge in [-0.3, -0.25) is 9.59 Å². The standard InChI is InChI=1S/C21H12ClF3N4O2S/c22-19-13(3-1-12-2-4-18-26-5-6-28(18)9-12)7-16(32-19)20(30)27-14-8-15(23)21(31)29(10-14)11-17(24)25/h2,4-10,17H,11H2,(H,27,30). The molecule has 0 unspecified atom stereocenters. The van der Waals surface area contributed by atoms with Crippen molar-refractivity contribution in [1.82, 2.24) is 14.0 Å². The average molecular weight is 477 g/mol. The molecule has 0 radical (unpaired) electrons. The summed E-state index contributed by atoms with van der Waals surface area (Å²) < 4.78 is 41.6. The SMILES string of the molecule is O=C(Nc1cc(F)c(=O)n(CC(F)F)c1)c1cc(C#Cc2ccc3nccn3c2)c(Cl)s1. The van der Waals surface area contributed by atoms with E-state index in [2.05, 4.69) is 22.1 Å². The lowest BCUT2D eigenvalue weighted by molar-refractivity contribution is 0.103. The van der Waals surface area contributed by atoms with Crippen LogP contribution < -0.4 is 10.9 Å². The molecule has 0 saturated carbocycles. The van der Waals surface area contributed by atoms with Gasteiger partial charge in [-0.05, 0) is 18.2 Å². The second-order valence-corrected chi connectivity index (χ2v) is 8.19. The highest BCUT2D eigenvalue weighted by Crippen LogP contribution is 2.28. The maximum atomic E-state index is 13.8. The molecule has 0 aromatic carbocycles. The number of hydrogen-bond donors (Lipinski definition) is 1. The number of pyridine rings is 2. The summed E-state index contributed by atoms with van der Waals surface area (Å²) in [6, 6.07) is 5.85. The Morgan fingerprint density at radius 2 is 2.06 bits per heavy atom. The van der Waals surface area contributed by atoms with Gasteiger partial charge in [0.25, 0.3) is 17.9 Å². The molecule has 0 saturated heterocycles. The molecule has 4 rings (SSSR count). The second kappa shape index (κ2) is 8.90. The molecule has 11 heteroatoms. The van der Waals surface area contributed by atoms with E-state index in [-0.39, 0.29) is 14.9 Å². The van der Waals surface area contributed by atoms with Crippen LogP contribution in [0, 0.1) is 17.7 Å². The van der Waals surface area contributed by atoms with E-state index in [0.29, 0.717) is 15.7 Å². The van der Waals surface area contributed by atoms with Gasteiger partial charge >= 0.3 is 0 Å². The van der Waals surface area contributed by atoms with Gasteiger partial charge in [0, 0.05) is 36.4 Å².